The molecule has 0 N–H and O–H groups in total. The van der Waals surface area contributed by atoms with Crippen LogP contribution in [0.5, 0.6) is 11.8 Å². The molecule has 0 atom stereocenters. The third-order valence-electron chi connectivity index (χ3n) is 2.30. The molecule has 0 aliphatic carbocycles. The lowest BCUT2D eigenvalue weighted by Crippen LogP contribution is -1.97. The van der Waals surface area contributed by atoms with Crippen molar-refractivity contribution in [3.8, 4) is 11.8 Å². The van der Waals surface area contributed by atoms with Gasteiger partial charge < -0.3 is 4.74 Å². The SMILES string of the molecule is CS(=O)(=O)c1ccc(Oc2ncc(CBr)cn2)cc1. The van der Waals surface area contributed by atoms with Crippen LogP contribution in [0.1, 0.15) is 5.56 Å². The molecular formula is C12H11BrN2O3S. The fourth-order valence-electron chi connectivity index (χ4n) is 1.32. The van der Waals surface area contributed by atoms with Gasteiger partial charge in [0.25, 0.3) is 0 Å². The number of sulfone groups is 1. The van der Waals surface area contributed by atoms with E-state index in [4.69, 9.17) is 4.74 Å². The van der Waals surface area contributed by atoms with E-state index in [1.54, 1.807) is 24.5 Å². The summed E-state index contributed by atoms with van der Waals surface area (Å²) in [6.45, 7) is 0. The monoisotopic (exact) mass is 342 g/mol. The van der Waals surface area contributed by atoms with Crippen molar-refractivity contribution in [3.05, 3.63) is 42.2 Å². The van der Waals surface area contributed by atoms with Gasteiger partial charge in [-0.25, -0.2) is 18.4 Å². The number of hydrogen-bond donors (Lipinski definition) is 0. The molecule has 0 fully saturated rings. The summed E-state index contributed by atoms with van der Waals surface area (Å²) in [6, 6.07) is 6.32. The van der Waals surface area contributed by atoms with Gasteiger partial charge in [0.15, 0.2) is 9.84 Å². The average Bonchev–Trinajstić information content (AvgIpc) is 2.39. The quantitative estimate of drug-likeness (QED) is 0.798. The number of aromatic nitrogens is 2. The first kappa shape index (κ1) is 14.0. The zero-order valence-corrected chi connectivity index (χ0v) is 12.5. The molecule has 0 saturated carbocycles. The summed E-state index contributed by atoms with van der Waals surface area (Å²) >= 11 is 3.30. The molecule has 1 aromatic heterocycles. The molecule has 100 valence electrons. The largest absolute Gasteiger partial charge is 0.424 e. The van der Waals surface area contributed by atoms with E-state index >= 15 is 0 Å². The normalized spacial score (nSPS) is 11.3. The van der Waals surface area contributed by atoms with Crippen molar-refractivity contribution in [3.63, 3.8) is 0 Å². The molecule has 0 radical (unpaired) electrons. The van der Waals surface area contributed by atoms with Crippen LogP contribution in [0.3, 0.4) is 0 Å². The third-order valence-corrected chi connectivity index (χ3v) is 4.07. The molecule has 1 heterocycles. The first-order valence-corrected chi connectivity index (χ1v) is 8.35. The Morgan fingerprint density at radius 3 is 2.21 bits per heavy atom. The Kier molecular flexibility index (Phi) is 4.16. The highest BCUT2D eigenvalue weighted by atomic mass is 79.9. The van der Waals surface area contributed by atoms with Crippen molar-refractivity contribution in [2.24, 2.45) is 0 Å². The fourth-order valence-corrected chi connectivity index (χ4v) is 2.24. The minimum Gasteiger partial charge on any atom is -0.424 e. The van der Waals surface area contributed by atoms with Crippen molar-refractivity contribution in [2.75, 3.05) is 6.26 Å². The van der Waals surface area contributed by atoms with Crippen LogP contribution in [-0.2, 0) is 15.2 Å². The Bertz CT molecular complexity index is 654. The molecule has 0 bridgehead atoms. The molecule has 0 amide bonds. The van der Waals surface area contributed by atoms with Crippen LogP contribution in [0.25, 0.3) is 0 Å². The van der Waals surface area contributed by atoms with Crippen LogP contribution < -0.4 is 4.74 Å². The molecule has 0 unspecified atom stereocenters. The van der Waals surface area contributed by atoms with Gasteiger partial charge in [-0.15, -0.1) is 0 Å². The van der Waals surface area contributed by atoms with Crippen molar-refractivity contribution < 1.29 is 13.2 Å². The number of alkyl halides is 1. The first-order chi connectivity index (χ1) is 8.99. The van der Waals surface area contributed by atoms with Crippen molar-refractivity contribution >= 4 is 25.8 Å². The van der Waals surface area contributed by atoms with E-state index in [-0.39, 0.29) is 10.9 Å². The van der Waals surface area contributed by atoms with Crippen molar-refractivity contribution in [1.29, 1.82) is 0 Å². The zero-order chi connectivity index (χ0) is 13.9. The highest BCUT2D eigenvalue weighted by Crippen LogP contribution is 2.20. The lowest BCUT2D eigenvalue weighted by Gasteiger charge is -2.04. The molecule has 2 rings (SSSR count). The summed E-state index contributed by atoms with van der Waals surface area (Å²) in [6.07, 6.45) is 4.47. The lowest BCUT2D eigenvalue weighted by atomic mass is 10.3. The molecule has 19 heavy (non-hydrogen) atoms. The van der Waals surface area contributed by atoms with E-state index in [0.717, 1.165) is 11.8 Å². The molecule has 1 aromatic carbocycles. The van der Waals surface area contributed by atoms with Crippen LogP contribution in [0.2, 0.25) is 0 Å². The van der Waals surface area contributed by atoms with Crippen LogP contribution in [-0.4, -0.2) is 24.6 Å². The molecule has 0 aliphatic rings. The Morgan fingerprint density at radius 2 is 1.74 bits per heavy atom. The number of nitrogens with zero attached hydrogens (tertiary/aromatic N) is 2. The summed E-state index contributed by atoms with van der Waals surface area (Å²) in [4.78, 5) is 8.31. The van der Waals surface area contributed by atoms with Gasteiger partial charge in [-0.1, -0.05) is 15.9 Å². The summed E-state index contributed by atoms with van der Waals surface area (Å²) in [7, 11) is -3.19. The maximum atomic E-state index is 11.3. The molecule has 7 heteroatoms. The van der Waals surface area contributed by atoms with Crippen LogP contribution >= 0.6 is 15.9 Å². The van der Waals surface area contributed by atoms with Crippen molar-refractivity contribution in [2.45, 2.75) is 10.2 Å². The topological polar surface area (TPSA) is 69.2 Å². The second-order valence-electron chi connectivity index (χ2n) is 3.85. The maximum Gasteiger partial charge on any atom is 0.321 e. The minimum absolute atomic E-state index is 0.219. The van der Waals surface area contributed by atoms with Crippen LogP contribution in [0.15, 0.2) is 41.6 Å². The summed E-state index contributed by atoms with van der Waals surface area (Å²) in [5.41, 5.74) is 0.944. The highest BCUT2D eigenvalue weighted by molar-refractivity contribution is 9.08. The van der Waals surface area contributed by atoms with E-state index in [0.29, 0.717) is 11.1 Å². The first-order valence-electron chi connectivity index (χ1n) is 5.34. The average molecular weight is 343 g/mol. The number of halogens is 1. The third kappa shape index (κ3) is 3.74. The van der Waals surface area contributed by atoms with Gasteiger partial charge in [-0.3, -0.25) is 0 Å². The van der Waals surface area contributed by atoms with Gasteiger partial charge in [-0.05, 0) is 29.8 Å². The standard InChI is InChI=1S/C12H11BrN2O3S/c1-19(16,17)11-4-2-10(3-5-11)18-12-14-7-9(6-13)8-15-12/h2-5,7-8H,6H2,1H3. The Hall–Kier alpha value is -1.47. The summed E-state index contributed by atoms with van der Waals surface area (Å²) < 4.78 is 28.0. The van der Waals surface area contributed by atoms with E-state index in [2.05, 4.69) is 25.9 Å². The molecular weight excluding hydrogens is 332 g/mol. The number of rotatable bonds is 4. The van der Waals surface area contributed by atoms with E-state index in [1.807, 2.05) is 0 Å². The molecule has 0 aliphatic heterocycles. The fraction of sp³-hybridized carbons (Fsp3) is 0.167. The molecule has 0 saturated heterocycles. The van der Waals surface area contributed by atoms with E-state index in [9.17, 15) is 8.42 Å². The number of ether oxygens (including phenoxy) is 1. The Morgan fingerprint density at radius 1 is 1.16 bits per heavy atom. The molecule has 0 spiro atoms. The van der Waals surface area contributed by atoms with Gasteiger partial charge in [-0.2, -0.15) is 0 Å². The molecule has 5 nitrogen and oxygen atoms in total. The smallest absolute Gasteiger partial charge is 0.321 e. The predicted octanol–water partition coefficient (Wildman–Crippen LogP) is 2.57. The number of hydrogen-bond acceptors (Lipinski definition) is 5. The van der Waals surface area contributed by atoms with E-state index in [1.165, 1.54) is 12.1 Å². The lowest BCUT2D eigenvalue weighted by molar-refractivity contribution is 0.441. The molecule has 2 aromatic rings. The van der Waals surface area contributed by atoms with Crippen LogP contribution in [0.4, 0.5) is 0 Å². The second-order valence-corrected chi connectivity index (χ2v) is 6.43. The van der Waals surface area contributed by atoms with Gasteiger partial charge in [0, 0.05) is 24.0 Å². The Balaban J connectivity index is 2.15. The summed E-state index contributed by atoms with van der Waals surface area (Å²) in [5, 5.41) is 0.677. The van der Waals surface area contributed by atoms with Gasteiger partial charge in [0.05, 0.1) is 4.90 Å². The van der Waals surface area contributed by atoms with Gasteiger partial charge in [0.1, 0.15) is 5.75 Å². The predicted molar refractivity (Wildman–Crippen MR) is 74.3 cm³/mol. The van der Waals surface area contributed by atoms with Gasteiger partial charge in [0.2, 0.25) is 0 Å². The minimum atomic E-state index is -3.19. The Labute approximate surface area is 119 Å². The maximum absolute atomic E-state index is 11.3. The van der Waals surface area contributed by atoms with E-state index < -0.39 is 9.84 Å². The zero-order valence-electron chi connectivity index (χ0n) is 10.1. The van der Waals surface area contributed by atoms with Gasteiger partial charge >= 0.3 is 6.01 Å². The highest BCUT2D eigenvalue weighted by Gasteiger charge is 2.07. The van der Waals surface area contributed by atoms with Crippen molar-refractivity contribution in [1.82, 2.24) is 9.97 Å². The van der Waals surface area contributed by atoms with Crippen LogP contribution in [0, 0.1) is 0 Å². The second kappa shape index (κ2) is 5.66. The number of benzene rings is 1. The summed E-state index contributed by atoms with van der Waals surface area (Å²) in [5.74, 6) is 0.485.